The lowest BCUT2D eigenvalue weighted by atomic mass is 9.78. The van der Waals surface area contributed by atoms with Gasteiger partial charge in [0, 0.05) is 18.6 Å². The molecule has 1 fully saturated rings. The Morgan fingerprint density at radius 1 is 1.06 bits per heavy atom. The number of rotatable bonds is 8. The summed E-state index contributed by atoms with van der Waals surface area (Å²) in [6.07, 6.45) is 3.30. The summed E-state index contributed by atoms with van der Waals surface area (Å²) in [6, 6.07) is 18.9. The number of likely N-dealkylation sites (N-methyl/N-ethyl adjacent to an activating group) is 1. The van der Waals surface area contributed by atoms with Crippen LogP contribution < -0.4 is 10.1 Å². The number of amides is 1. The van der Waals surface area contributed by atoms with E-state index in [1.165, 1.54) is 4.90 Å². The van der Waals surface area contributed by atoms with Gasteiger partial charge in [-0.2, -0.15) is 0 Å². The molecule has 0 spiro atoms. The zero-order valence-electron chi connectivity index (χ0n) is 20.5. The number of carbonyl (C=O) groups excluding carboxylic acids is 1. The first kappa shape index (κ1) is 24.5. The van der Waals surface area contributed by atoms with E-state index in [9.17, 15) is 14.7 Å². The van der Waals surface area contributed by atoms with E-state index in [0.717, 1.165) is 16.5 Å². The highest BCUT2D eigenvalue weighted by Gasteiger charge is 2.49. The first-order chi connectivity index (χ1) is 16.8. The number of anilines is 1. The molecule has 1 aromatic heterocycles. The van der Waals surface area contributed by atoms with Crippen LogP contribution in [0.4, 0.5) is 5.82 Å². The van der Waals surface area contributed by atoms with Crippen molar-refractivity contribution in [2.75, 3.05) is 12.4 Å². The maximum Gasteiger partial charge on any atom is 0.329 e. The smallest absolute Gasteiger partial charge is 0.329 e. The molecule has 0 radical (unpaired) electrons. The summed E-state index contributed by atoms with van der Waals surface area (Å²) >= 11 is 0. The number of ether oxygens (including phenoxy) is 1. The van der Waals surface area contributed by atoms with E-state index in [-0.39, 0.29) is 17.9 Å². The number of nitrogens with zero attached hydrogens (tertiary/aromatic N) is 2. The molecule has 1 aliphatic rings. The summed E-state index contributed by atoms with van der Waals surface area (Å²) in [4.78, 5) is 31.8. The highest BCUT2D eigenvalue weighted by atomic mass is 16.5. The number of hydrogen-bond donors (Lipinski definition) is 2. The predicted octanol–water partition coefficient (Wildman–Crippen LogP) is 4.97. The molecule has 184 valence electrons. The number of pyridine rings is 1. The van der Waals surface area contributed by atoms with Crippen molar-refractivity contribution in [1.29, 1.82) is 0 Å². The van der Waals surface area contributed by atoms with E-state index < -0.39 is 17.6 Å². The summed E-state index contributed by atoms with van der Waals surface area (Å²) < 4.78 is 6.33. The van der Waals surface area contributed by atoms with E-state index in [4.69, 9.17) is 4.74 Å². The summed E-state index contributed by atoms with van der Waals surface area (Å²) in [5.74, 6) is 0.118. The molecule has 0 unspecified atom stereocenters. The van der Waals surface area contributed by atoms with E-state index >= 15 is 0 Å². The van der Waals surface area contributed by atoms with Gasteiger partial charge in [0.25, 0.3) is 0 Å². The SMILES string of the molecule is CC(C)[C@H](Nc1ccccn1)C(=O)N(C)[C@]1(C(=O)O)CC[C@H](Oc2cccc3ccccc23)CC1. The van der Waals surface area contributed by atoms with Crippen LogP contribution in [0.5, 0.6) is 5.75 Å². The van der Waals surface area contributed by atoms with Crippen LogP contribution in [0, 0.1) is 5.92 Å². The summed E-state index contributed by atoms with van der Waals surface area (Å²) in [5, 5.41) is 15.6. The Morgan fingerprint density at radius 2 is 1.74 bits per heavy atom. The maximum absolute atomic E-state index is 13.6. The van der Waals surface area contributed by atoms with Gasteiger partial charge >= 0.3 is 5.97 Å². The van der Waals surface area contributed by atoms with Gasteiger partial charge in [-0.1, -0.05) is 56.3 Å². The second kappa shape index (κ2) is 10.3. The van der Waals surface area contributed by atoms with Gasteiger partial charge in [0.2, 0.25) is 5.91 Å². The monoisotopic (exact) mass is 475 g/mol. The Balaban J connectivity index is 1.48. The molecule has 2 aromatic carbocycles. The van der Waals surface area contributed by atoms with Crippen LogP contribution in [0.1, 0.15) is 39.5 Å². The first-order valence-corrected chi connectivity index (χ1v) is 12.1. The van der Waals surface area contributed by atoms with Gasteiger partial charge in [0.1, 0.15) is 23.1 Å². The van der Waals surface area contributed by atoms with Crippen LogP contribution in [0.3, 0.4) is 0 Å². The summed E-state index contributed by atoms with van der Waals surface area (Å²) in [6.45, 7) is 3.88. The number of hydrogen-bond acceptors (Lipinski definition) is 5. The number of benzene rings is 2. The third-order valence-electron chi connectivity index (χ3n) is 7.07. The number of carbonyl (C=O) groups is 2. The molecule has 2 N–H and O–H groups in total. The highest BCUT2D eigenvalue weighted by molar-refractivity contribution is 5.91. The maximum atomic E-state index is 13.6. The number of aromatic nitrogens is 1. The Morgan fingerprint density at radius 3 is 2.40 bits per heavy atom. The molecule has 7 nitrogen and oxygen atoms in total. The fraction of sp³-hybridized carbons (Fsp3) is 0.393. The van der Waals surface area contributed by atoms with Crippen LogP contribution in [0.15, 0.2) is 66.9 Å². The van der Waals surface area contributed by atoms with Crippen molar-refractivity contribution in [3.63, 3.8) is 0 Å². The number of carboxylic acid groups (broad SMARTS) is 1. The molecule has 4 rings (SSSR count). The molecule has 1 saturated carbocycles. The molecule has 1 aliphatic carbocycles. The van der Waals surface area contributed by atoms with Gasteiger partial charge in [0.05, 0.1) is 6.10 Å². The summed E-state index contributed by atoms with van der Waals surface area (Å²) in [7, 11) is 1.61. The highest BCUT2D eigenvalue weighted by Crippen LogP contribution is 2.37. The zero-order valence-corrected chi connectivity index (χ0v) is 20.5. The lowest BCUT2D eigenvalue weighted by Gasteiger charge is -2.44. The fourth-order valence-electron chi connectivity index (χ4n) is 4.90. The fourth-order valence-corrected chi connectivity index (χ4v) is 4.90. The third kappa shape index (κ3) is 5.09. The van der Waals surface area contributed by atoms with Crippen LogP contribution >= 0.6 is 0 Å². The molecule has 0 saturated heterocycles. The molecule has 0 aliphatic heterocycles. The Labute approximate surface area is 206 Å². The number of carboxylic acids is 1. The van der Waals surface area contributed by atoms with Crippen molar-refractivity contribution < 1.29 is 19.4 Å². The van der Waals surface area contributed by atoms with Gasteiger partial charge in [0.15, 0.2) is 0 Å². The lowest BCUT2D eigenvalue weighted by Crippen LogP contribution is -2.61. The number of aliphatic carboxylic acids is 1. The van der Waals surface area contributed by atoms with Crippen molar-refractivity contribution in [3.8, 4) is 5.75 Å². The number of nitrogens with one attached hydrogen (secondary N) is 1. The van der Waals surface area contributed by atoms with E-state index in [2.05, 4.69) is 10.3 Å². The normalized spacial score (nSPS) is 20.9. The topological polar surface area (TPSA) is 91.8 Å². The van der Waals surface area contributed by atoms with Gasteiger partial charge in [-0.25, -0.2) is 9.78 Å². The quantitative estimate of drug-likeness (QED) is 0.478. The predicted molar refractivity (Wildman–Crippen MR) is 136 cm³/mol. The molecular formula is C28H33N3O4. The largest absolute Gasteiger partial charge is 0.490 e. The van der Waals surface area contributed by atoms with Crippen molar-refractivity contribution in [2.45, 2.75) is 57.2 Å². The molecule has 1 heterocycles. The van der Waals surface area contributed by atoms with E-state index in [0.29, 0.717) is 31.5 Å². The molecule has 7 heteroatoms. The first-order valence-electron chi connectivity index (χ1n) is 12.1. The van der Waals surface area contributed by atoms with Crippen molar-refractivity contribution in [3.05, 3.63) is 66.9 Å². The van der Waals surface area contributed by atoms with E-state index in [1.54, 1.807) is 19.3 Å². The van der Waals surface area contributed by atoms with Gasteiger partial charge in [-0.05, 0) is 55.2 Å². The van der Waals surface area contributed by atoms with Crippen LogP contribution in [-0.4, -0.2) is 51.6 Å². The molecule has 1 amide bonds. The standard InChI is InChI=1S/C28H33N3O4/c1-19(2)25(30-24-13-6-7-18-29-24)26(32)31(3)28(27(33)34)16-14-21(15-17-28)35-23-12-8-10-20-9-4-5-11-22(20)23/h4-13,18-19,21,25H,14-17H2,1-3H3,(H,29,30)(H,33,34)/t21-,25-,28+/m0/s1. The van der Waals surface area contributed by atoms with E-state index in [1.807, 2.05) is 68.4 Å². The average Bonchev–Trinajstić information content (AvgIpc) is 2.87. The van der Waals surface area contributed by atoms with Crippen LogP contribution in [0.25, 0.3) is 10.8 Å². The van der Waals surface area contributed by atoms with Crippen molar-refractivity contribution in [1.82, 2.24) is 9.88 Å². The lowest BCUT2D eigenvalue weighted by molar-refractivity contribution is -0.162. The third-order valence-corrected chi connectivity index (χ3v) is 7.07. The van der Waals surface area contributed by atoms with Crippen LogP contribution in [-0.2, 0) is 9.59 Å². The minimum absolute atomic E-state index is 0.0520. The van der Waals surface area contributed by atoms with Gasteiger partial charge in [-0.15, -0.1) is 0 Å². The Bertz CT molecular complexity index is 1170. The summed E-state index contributed by atoms with van der Waals surface area (Å²) in [5.41, 5.74) is -1.27. The van der Waals surface area contributed by atoms with Crippen molar-refractivity contribution in [2.24, 2.45) is 5.92 Å². The minimum Gasteiger partial charge on any atom is -0.490 e. The molecule has 3 aromatic rings. The number of fused-ring (bicyclic) bond motifs is 1. The van der Waals surface area contributed by atoms with Gasteiger partial charge in [-0.3, -0.25) is 4.79 Å². The minimum atomic E-state index is -1.27. The second-order valence-electron chi connectivity index (χ2n) is 9.61. The molecule has 1 atom stereocenters. The van der Waals surface area contributed by atoms with Crippen molar-refractivity contribution >= 4 is 28.5 Å². The van der Waals surface area contributed by atoms with Crippen LogP contribution in [0.2, 0.25) is 0 Å². The average molecular weight is 476 g/mol. The van der Waals surface area contributed by atoms with Gasteiger partial charge < -0.3 is 20.1 Å². The second-order valence-corrected chi connectivity index (χ2v) is 9.61. The molecular weight excluding hydrogens is 442 g/mol. The Hall–Kier alpha value is -3.61. The Kier molecular flexibility index (Phi) is 7.24. The molecule has 35 heavy (non-hydrogen) atoms. The molecule has 0 bridgehead atoms. The zero-order chi connectivity index (χ0) is 25.0.